The van der Waals surface area contributed by atoms with Crippen molar-refractivity contribution in [3.8, 4) is 11.5 Å². The molecule has 5 nitrogen and oxygen atoms in total. The summed E-state index contributed by atoms with van der Waals surface area (Å²) in [5.74, 6) is 0.815. The molecular formula is C18H19NO4. The molecule has 120 valence electrons. The van der Waals surface area contributed by atoms with Gasteiger partial charge in [-0.15, -0.1) is 0 Å². The van der Waals surface area contributed by atoms with Crippen LogP contribution in [-0.4, -0.2) is 26.0 Å². The van der Waals surface area contributed by atoms with Crippen LogP contribution in [-0.2, 0) is 9.59 Å². The molecule has 2 amide bonds. The summed E-state index contributed by atoms with van der Waals surface area (Å²) in [5.41, 5.74) is 0.482. The molecule has 0 radical (unpaired) electrons. The van der Waals surface area contributed by atoms with Gasteiger partial charge in [-0.25, -0.2) is 4.90 Å². The number of imide groups is 1. The molecular weight excluding hydrogens is 294 g/mol. The third kappa shape index (κ3) is 1.92. The summed E-state index contributed by atoms with van der Waals surface area (Å²) in [5, 5.41) is 0. The van der Waals surface area contributed by atoms with Crippen molar-refractivity contribution in [3.05, 3.63) is 30.4 Å². The Kier molecular flexibility index (Phi) is 3.18. The molecule has 0 unspecified atom stereocenters. The maximum atomic E-state index is 13.0. The van der Waals surface area contributed by atoms with E-state index in [-0.39, 0.29) is 35.5 Å². The van der Waals surface area contributed by atoms with Crippen molar-refractivity contribution in [2.75, 3.05) is 19.1 Å². The SMILES string of the molecule is COc1ccc(OC)c(N2C(=O)[C@@H]3[C@@H](C2=O)[C@H]2C=C[C@H]3CC2)c1. The second kappa shape index (κ2) is 5.11. The minimum Gasteiger partial charge on any atom is -0.497 e. The van der Waals surface area contributed by atoms with E-state index in [1.807, 2.05) is 0 Å². The molecule has 1 aliphatic heterocycles. The van der Waals surface area contributed by atoms with Gasteiger partial charge in [0.15, 0.2) is 0 Å². The third-order valence-corrected chi connectivity index (χ3v) is 5.39. The number of hydrogen-bond donors (Lipinski definition) is 0. The van der Waals surface area contributed by atoms with Gasteiger partial charge in [-0.05, 0) is 36.8 Å². The molecule has 4 atom stereocenters. The fourth-order valence-electron chi connectivity index (χ4n) is 4.28. The Bertz CT molecular complexity index is 679. The summed E-state index contributed by atoms with van der Waals surface area (Å²) < 4.78 is 10.6. The summed E-state index contributed by atoms with van der Waals surface area (Å²) >= 11 is 0. The van der Waals surface area contributed by atoms with Gasteiger partial charge in [0.2, 0.25) is 11.8 Å². The standard InChI is InChI=1S/C18H19NO4/c1-22-12-7-8-14(23-2)13(9-12)19-17(20)15-10-3-4-11(6-5-10)16(15)18(19)21/h3-4,7-11,15-16H,5-6H2,1-2H3/t10-,11-,15-,16-/m0/s1. The Hall–Kier alpha value is -2.30. The molecule has 1 aromatic rings. The number of ether oxygens (including phenoxy) is 2. The Morgan fingerprint density at radius 2 is 1.57 bits per heavy atom. The monoisotopic (exact) mass is 313 g/mol. The number of hydrogen-bond acceptors (Lipinski definition) is 4. The van der Waals surface area contributed by atoms with E-state index in [4.69, 9.17) is 9.47 Å². The van der Waals surface area contributed by atoms with Gasteiger partial charge in [0, 0.05) is 6.07 Å². The smallest absolute Gasteiger partial charge is 0.238 e. The predicted molar refractivity (Wildman–Crippen MR) is 84.4 cm³/mol. The molecule has 4 aliphatic rings. The molecule has 5 rings (SSSR count). The van der Waals surface area contributed by atoms with E-state index in [1.165, 1.54) is 12.0 Å². The van der Waals surface area contributed by atoms with E-state index in [9.17, 15) is 9.59 Å². The number of amides is 2. The highest BCUT2D eigenvalue weighted by Crippen LogP contribution is 2.51. The number of carbonyl (C=O) groups excluding carboxylic acids is 2. The quantitative estimate of drug-likeness (QED) is 0.635. The Balaban J connectivity index is 1.79. The first-order chi connectivity index (χ1) is 11.2. The lowest BCUT2D eigenvalue weighted by atomic mass is 9.63. The van der Waals surface area contributed by atoms with E-state index in [1.54, 1.807) is 25.3 Å². The number of anilines is 1. The Labute approximate surface area is 134 Å². The molecule has 1 saturated carbocycles. The lowest BCUT2D eigenvalue weighted by molar-refractivity contribution is -0.124. The van der Waals surface area contributed by atoms with Crippen LogP contribution in [0.2, 0.25) is 0 Å². The molecule has 2 fully saturated rings. The van der Waals surface area contributed by atoms with Crippen LogP contribution in [0.4, 0.5) is 5.69 Å². The predicted octanol–water partition coefficient (Wildman–Crippen LogP) is 2.41. The van der Waals surface area contributed by atoms with Crippen molar-refractivity contribution in [2.24, 2.45) is 23.7 Å². The van der Waals surface area contributed by atoms with Gasteiger partial charge < -0.3 is 9.47 Å². The fourth-order valence-corrected chi connectivity index (χ4v) is 4.28. The second-order valence-corrected chi connectivity index (χ2v) is 6.39. The van der Waals surface area contributed by atoms with E-state index >= 15 is 0 Å². The summed E-state index contributed by atoms with van der Waals surface area (Å²) in [6.07, 6.45) is 6.22. The minimum absolute atomic E-state index is 0.106. The zero-order valence-electron chi connectivity index (χ0n) is 13.2. The van der Waals surface area contributed by atoms with Gasteiger partial charge in [0.05, 0.1) is 31.7 Å². The minimum atomic E-state index is -0.220. The van der Waals surface area contributed by atoms with E-state index < -0.39 is 0 Å². The van der Waals surface area contributed by atoms with Crippen molar-refractivity contribution < 1.29 is 19.1 Å². The molecule has 5 heteroatoms. The van der Waals surface area contributed by atoms with Gasteiger partial charge in [0.25, 0.3) is 0 Å². The molecule has 0 N–H and O–H groups in total. The number of nitrogens with zero attached hydrogens (tertiary/aromatic N) is 1. The molecule has 1 heterocycles. The van der Waals surface area contributed by atoms with Crippen LogP contribution in [0.25, 0.3) is 0 Å². The normalized spacial score (nSPS) is 31.5. The largest absolute Gasteiger partial charge is 0.497 e. The van der Waals surface area contributed by atoms with Gasteiger partial charge in [0.1, 0.15) is 11.5 Å². The number of rotatable bonds is 3. The fraction of sp³-hybridized carbons (Fsp3) is 0.444. The molecule has 0 spiro atoms. The summed E-state index contributed by atoms with van der Waals surface area (Å²) in [7, 11) is 3.10. The van der Waals surface area contributed by atoms with Gasteiger partial charge in [-0.2, -0.15) is 0 Å². The second-order valence-electron chi connectivity index (χ2n) is 6.39. The third-order valence-electron chi connectivity index (χ3n) is 5.39. The van der Waals surface area contributed by atoms with Crippen LogP contribution in [0.1, 0.15) is 12.8 Å². The van der Waals surface area contributed by atoms with Crippen molar-refractivity contribution >= 4 is 17.5 Å². The highest BCUT2D eigenvalue weighted by Gasteiger charge is 2.57. The Morgan fingerprint density at radius 3 is 2.04 bits per heavy atom. The summed E-state index contributed by atoms with van der Waals surface area (Å²) in [4.78, 5) is 27.3. The van der Waals surface area contributed by atoms with Crippen LogP contribution < -0.4 is 14.4 Å². The number of carbonyl (C=O) groups is 2. The first-order valence-corrected chi connectivity index (χ1v) is 7.94. The van der Waals surface area contributed by atoms with Crippen molar-refractivity contribution in [2.45, 2.75) is 12.8 Å². The first-order valence-electron chi connectivity index (χ1n) is 7.94. The van der Waals surface area contributed by atoms with Crippen molar-refractivity contribution in [1.82, 2.24) is 0 Å². The zero-order chi connectivity index (χ0) is 16.1. The van der Waals surface area contributed by atoms with Crippen molar-refractivity contribution in [1.29, 1.82) is 0 Å². The maximum Gasteiger partial charge on any atom is 0.238 e. The number of allylic oxidation sites excluding steroid dienone is 2. The maximum absolute atomic E-state index is 13.0. The van der Waals surface area contributed by atoms with Gasteiger partial charge in [-0.1, -0.05) is 12.2 Å². The molecule has 0 aromatic heterocycles. The highest BCUT2D eigenvalue weighted by atomic mass is 16.5. The van der Waals surface area contributed by atoms with Crippen molar-refractivity contribution in [3.63, 3.8) is 0 Å². The first kappa shape index (κ1) is 14.3. The topological polar surface area (TPSA) is 55.8 Å². The average molecular weight is 313 g/mol. The molecule has 23 heavy (non-hydrogen) atoms. The van der Waals surface area contributed by atoms with Crippen LogP contribution in [0.15, 0.2) is 30.4 Å². The van der Waals surface area contributed by atoms with E-state index in [0.717, 1.165) is 12.8 Å². The van der Waals surface area contributed by atoms with E-state index in [2.05, 4.69) is 12.2 Å². The van der Waals surface area contributed by atoms with Crippen LogP contribution >= 0.6 is 0 Å². The summed E-state index contributed by atoms with van der Waals surface area (Å²) in [6.45, 7) is 0. The lowest BCUT2D eigenvalue weighted by Gasteiger charge is -2.38. The Morgan fingerprint density at radius 1 is 0.957 bits per heavy atom. The molecule has 2 bridgehead atoms. The van der Waals surface area contributed by atoms with E-state index in [0.29, 0.717) is 17.2 Å². The molecule has 3 aliphatic carbocycles. The van der Waals surface area contributed by atoms with Gasteiger partial charge in [-0.3, -0.25) is 9.59 Å². The zero-order valence-corrected chi connectivity index (χ0v) is 13.2. The van der Waals surface area contributed by atoms with Gasteiger partial charge >= 0.3 is 0 Å². The number of methoxy groups -OCH3 is 2. The molecule has 1 aromatic carbocycles. The van der Waals surface area contributed by atoms with Crippen LogP contribution in [0.5, 0.6) is 11.5 Å². The van der Waals surface area contributed by atoms with Crippen LogP contribution in [0, 0.1) is 23.7 Å². The summed E-state index contributed by atoms with van der Waals surface area (Å²) in [6, 6.07) is 5.18. The van der Waals surface area contributed by atoms with Crippen LogP contribution in [0.3, 0.4) is 0 Å². The average Bonchev–Trinajstić information content (AvgIpc) is 2.88. The number of fused-ring (bicyclic) bond motifs is 1. The number of benzene rings is 1. The highest BCUT2D eigenvalue weighted by molar-refractivity contribution is 6.23. The molecule has 1 saturated heterocycles. The lowest BCUT2D eigenvalue weighted by Crippen LogP contribution is -2.38.